The summed E-state index contributed by atoms with van der Waals surface area (Å²) < 4.78 is 0. The number of aromatic amines is 1. The van der Waals surface area contributed by atoms with Crippen molar-refractivity contribution in [2.45, 2.75) is 31.7 Å². The lowest BCUT2D eigenvalue weighted by molar-refractivity contribution is -0.141. The topological polar surface area (TPSA) is 166 Å². The Morgan fingerprint density at radius 3 is 2.67 bits per heavy atom. The standard InChI is InChI=1S/C20H26N6O5S2/c27-17(26-16(20(30)31)9-15-11-23-12-25-15)5-8-22-13-32-33-18(28)4-2-7-24-19(29)14-3-1-6-21-10-14/h1,3,6,10-12,16,22H,2,4-5,7-9,13H2,(H,23,25)(H,24,29)(H,26,27)(H,30,31)/t16-/m0/s1. The first-order valence-electron chi connectivity index (χ1n) is 10.2. The van der Waals surface area contributed by atoms with Crippen molar-refractivity contribution >= 4 is 44.5 Å². The summed E-state index contributed by atoms with van der Waals surface area (Å²) in [5.74, 6) is -1.26. The number of aliphatic carboxylic acids is 1. The first kappa shape index (κ1) is 26.4. The zero-order valence-corrected chi connectivity index (χ0v) is 19.4. The predicted molar refractivity (Wildman–Crippen MR) is 125 cm³/mol. The number of hydrogen-bond donors (Lipinski definition) is 5. The van der Waals surface area contributed by atoms with Crippen LogP contribution < -0.4 is 16.0 Å². The summed E-state index contributed by atoms with van der Waals surface area (Å²) in [5, 5.41) is 17.5. The van der Waals surface area contributed by atoms with Gasteiger partial charge in [0.25, 0.3) is 5.91 Å². The largest absolute Gasteiger partial charge is 0.480 e. The van der Waals surface area contributed by atoms with E-state index in [0.29, 0.717) is 43.1 Å². The van der Waals surface area contributed by atoms with Gasteiger partial charge in [-0.2, -0.15) is 0 Å². The molecule has 0 aliphatic heterocycles. The minimum Gasteiger partial charge on any atom is -0.480 e. The van der Waals surface area contributed by atoms with E-state index in [1.807, 2.05) is 0 Å². The van der Waals surface area contributed by atoms with Gasteiger partial charge in [0.05, 0.1) is 17.8 Å². The lowest BCUT2D eigenvalue weighted by Crippen LogP contribution is -2.43. The van der Waals surface area contributed by atoms with Crippen LogP contribution in [0.25, 0.3) is 0 Å². The Balaban J connectivity index is 1.48. The summed E-state index contributed by atoms with van der Waals surface area (Å²) in [6, 6.07) is 2.32. The second kappa shape index (κ2) is 15.0. The molecule has 13 heteroatoms. The summed E-state index contributed by atoms with van der Waals surface area (Å²) in [4.78, 5) is 57.5. The summed E-state index contributed by atoms with van der Waals surface area (Å²) in [7, 11) is 2.43. The van der Waals surface area contributed by atoms with Crippen LogP contribution in [0.3, 0.4) is 0 Å². The number of hydrogen-bond acceptors (Lipinski definition) is 9. The number of carboxylic acid groups (broad SMARTS) is 1. The van der Waals surface area contributed by atoms with Crippen LogP contribution in [0.1, 0.15) is 35.3 Å². The summed E-state index contributed by atoms with van der Waals surface area (Å²) >= 11 is 0. The SMILES string of the molecule is O=C(CCNCSSC(=O)CCCNC(=O)c1cccnc1)N[C@@H](Cc1cnc[nH]1)C(=O)O. The molecule has 2 rings (SSSR count). The third-order valence-corrected chi connectivity index (χ3v) is 6.32. The van der Waals surface area contributed by atoms with Gasteiger partial charge in [-0.15, -0.1) is 0 Å². The molecule has 11 nitrogen and oxygen atoms in total. The highest BCUT2D eigenvalue weighted by Crippen LogP contribution is 2.22. The number of carbonyl (C=O) groups is 4. The number of H-pyrrole nitrogens is 1. The van der Waals surface area contributed by atoms with Gasteiger partial charge < -0.3 is 26.0 Å². The van der Waals surface area contributed by atoms with Crippen LogP contribution in [0.2, 0.25) is 0 Å². The maximum Gasteiger partial charge on any atom is 0.326 e. The van der Waals surface area contributed by atoms with Gasteiger partial charge in [0.15, 0.2) is 5.12 Å². The molecule has 0 bridgehead atoms. The van der Waals surface area contributed by atoms with E-state index in [9.17, 15) is 24.3 Å². The Morgan fingerprint density at radius 1 is 1.12 bits per heavy atom. The number of imidazole rings is 1. The normalized spacial score (nSPS) is 11.5. The number of aromatic nitrogens is 3. The fraction of sp³-hybridized carbons (Fsp3) is 0.400. The van der Waals surface area contributed by atoms with Gasteiger partial charge >= 0.3 is 5.97 Å². The summed E-state index contributed by atoms with van der Waals surface area (Å²) in [5.41, 5.74) is 1.10. The molecule has 178 valence electrons. The van der Waals surface area contributed by atoms with Crippen molar-refractivity contribution in [2.75, 3.05) is 19.0 Å². The Kier molecular flexibility index (Phi) is 12.0. The lowest BCUT2D eigenvalue weighted by atomic mass is 10.1. The first-order chi connectivity index (χ1) is 16.0. The molecule has 5 N–H and O–H groups in total. The molecule has 0 aliphatic rings. The smallest absolute Gasteiger partial charge is 0.326 e. The van der Waals surface area contributed by atoms with Crippen LogP contribution in [-0.2, 0) is 20.8 Å². The van der Waals surface area contributed by atoms with Crippen molar-refractivity contribution in [3.05, 3.63) is 48.3 Å². The van der Waals surface area contributed by atoms with Crippen molar-refractivity contribution in [1.82, 2.24) is 30.9 Å². The van der Waals surface area contributed by atoms with E-state index in [0.717, 1.165) is 10.8 Å². The minimum atomic E-state index is -1.12. The van der Waals surface area contributed by atoms with Gasteiger partial charge in [-0.1, -0.05) is 10.8 Å². The molecular weight excluding hydrogens is 468 g/mol. The molecular formula is C20H26N6O5S2. The van der Waals surface area contributed by atoms with Gasteiger partial charge in [0.2, 0.25) is 5.91 Å². The highest BCUT2D eigenvalue weighted by molar-refractivity contribution is 8.82. The molecule has 0 unspecified atom stereocenters. The summed E-state index contributed by atoms with van der Waals surface area (Å²) in [6.45, 7) is 0.750. The Bertz CT molecular complexity index is 898. The fourth-order valence-corrected chi connectivity index (χ4v) is 4.29. The zero-order chi connectivity index (χ0) is 23.9. The average molecular weight is 495 g/mol. The molecule has 0 spiro atoms. The molecule has 2 amide bonds. The maximum absolute atomic E-state index is 12.0. The quantitative estimate of drug-likeness (QED) is 0.137. The Labute approximate surface area is 198 Å². The van der Waals surface area contributed by atoms with E-state index in [4.69, 9.17) is 0 Å². The monoisotopic (exact) mass is 494 g/mol. The van der Waals surface area contributed by atoms with E-state index in [1.165, 1.54) is 29.5 Å². The van der Waals surface area contributed by atoms with Crippen LogP contribution in [0, 0.1) is 0 Å². The van der Waals surface area contributed by atoms with Gasteiger partial charge in [-0.3, -0.25) is 19.4 Å². The van der Waals surface area contributed by atoms with Gasteiger partial charge in [-0.25, -0.2) is 9.78 Å². The minimum absolute atomic E-state index is 0.00160. The number of nitrogens with one attached hydrogen (secondary N) is 4. The van der Waals surface area contributed by atoms with Crippen molar-refractivity contribution in [2.24, 2.45) is 0 Å². The molecule has 0 saturated carbocycles. The van der Waals surface area contributed by atoms with Crippen LogP contribution in [-0.4, -0.2) is 68.0 Å². The van der Waals surface area contributed by atoms with Crippen LogP contribution in [0.4, 0.5) is 0 Å². The zero-order valence-electron chi connectivity index (χ0n) is 17.8. The third-order valence-electron chi connectivity index (χ3n) is 4.22. The lowest BCUT2D eigenvalue weighted by Gasteiger charge is -2.13. The average Bonchev–Trinajstić information content (AvgIpc) is 3.32. The van der Waals surface area contributed by atoms with Crippen molar-refractivity contribution in [3.8, 4) is 0 Å². The number of carbonyl (C=O) groups excluding carboxylic acids is 3. The number of carboxylic acids is 1. The third kappa shape index (κ3) is 11.0. The van der Waals surface area contributed by atoms with Gasteiger partial charge in [0, 0.05) is 56.6 Å². The molecule has 0 radical (unpaired) electrons. The summed E-state index contributed by atoms with van der Waals surface area (Å²) in [6.07, 6.45) is 7.14. The first-order valence-corrected chi connectivity index (χ1v) is 12.5. The Morgan fingerprint density at radius 2 is 1.97 bits per heavy atom. The second-order valence-electron chi connectivity index (χ2n) is 6.81. The number of rotatable bonds is 15. The van der Waals surface area contributed by atoms with Crippen LogP contribution in [0.15, 0.2) is 37.1 Å². The van der Waals surface area contributed by atoms with Crippen LogP contribution in [0.5, 0.6) is 0 Å². The highest BCUT2D eigenvalue weighted by Gasteiger charge is 2.20. The van der Waals surface area contributed by atoms with E-state index >= 15 is 0 Å². The van der Waals surface area contributed by atoms with Crippen molar-refractivity contribution in [1.29, 1.82) is 0 Å². The van der Waals surface area contributed by atoms with Crippen molar-refractivity contribution in [3.63, 3.8) is 0 Å². The number of amides is 2. The Hall–Kier alpha value is -2.90. The molecule has 0 saturated heterocycles. The molecule has 1 atom stereocenters. The van der Waals surface area contributed by atoms with E-state index in [-0.39, 0.29) is 29.8 Å². The predicted octanol–water partition coefficient (Wildman–Crippen LogP) is 0.972. The molecule has 2 aromatic rings. The van der Waals surface area contributed by atoms with E-state index < -0.39 is 12.0 Å². The van der Waals surface area contributed by atoms with Crippen molar-refractivity contribution < 1.29 is 24.3 Å². The molecule has 0 aliphatic carbocycles. The molecule has 0 fully saturated rings. The van der Waals surface area contributed by atoms with Crippen LogP contribution >= 0.6 is 21.6 Å². The molecule has 33 heavy (non-hydrogen) atoms. The molecule has 2 aromatic heterocycles. The maximum atomic E-state index is 12.0. The number of nitrogens with zero attached hydrogens (tertiary/aromatic N) is 2. The van der Waals surface area contributed by atoms with Gasteiger partial charge in [0.1, 0.15) is 6.04 Å². The fourth-order valence-electron chi connectivity index (χ4n) is 2.57. The number of pyridine rings is 1. The molecule has 2 heterocycles. The highest BCUT2D eigenvalue weighted by atomic mass is 33.1. The van der Waals surface area contributed by atoms with E-state index in [2.05, 4.69) is 30.9 Å². The van der Waals surface area contributed by atoms with Gasteiger partial charge in [-0.05, 0) is 29.3 Å². The molecule has 0 aromatic carbocycles. The second-order valence-corrected chi connectivity index (χ2v) is 9.16. The van der Waals surface area contributed by atoms with E-state index in [1.54, 1.807) is 18.3 Å².